The van der Waals surface area contributed by atoms with Crippen LogP contribution in [0.3, 0.4) is 0 Å². The van der Waals surface area contributed by atoms with Gasteiger partial charge in [0, 0.05) is 43.4 Å². The summed E-state index contributed by atoms with van der Waals surface area (Å²) in [5, 5.41) is 6.55. The van der Waals surface area contributed by atoms with Gasteiger partial charge < -0.3 is 15.5 Å². The average molecular weight is 438 g/mol. The number of rotatable bonds is 5. The van der Waals surface area contributed by atoms with Gasteiger partial charge in [-0.25, -0.2) is 13.8 Å². The minimum Gasteiger partial charge on any atom is -0.356 e. The first kappa shape index (κ1) is 19.5. The van der Waals surface area contributed by atoms with E-state index in [-0.39, 0.29) is 17.7 Å². The SMILES string of the molecule is CN=C(NCCc1cc(Br)ccc1F)NC1CCN(c2ncccc2F)C1. The summed E-state index contributed by atoms with van der Waals surface area (Å²) in [5.74, 6) is 0.511. The van der Waals surface area contributed by atoms with Crippen LogP contribution in [0.5, 0.6) is 0 Å². The van der Waals surface area contributed by atoms with E-state index < -0.39 is 0 Å². The number of halogens is 3. The van der Waals surface area contributed by atoms with Crippen LogP contribution < -0.4 is 15.5 Å². The molecule has 1 unspecified atom stereocenters. The number of benzene rings is 1. The van der Waals surface area contributed by atoms with Crippen molar-refractivity contribution in [2.24, 2.45) is 4.99 Å². The first-order valence-electron chi connectivity index (χ1n) is 8.83. The summed E-state index contributed by atoms with van der Waals surface area (Å²) < 4.78 is 28.6. The Kier molecular flexibility index (Phi) is 6.60. The summed E-state index contributed by atoms with van der Waals surface area (Å²) in [6.45, 7) is 1.93. The monoisotopic (exact) mass is 437 g/mol. The van der Waals surface area contributed by atoms with Gasteiger partial charge in [-0.15, -0.1) is 0 Å². The van der Waals surface area contributed by atoms with E-state index in [0.717, 1.165) is 17.4 Å². The van der Waals surface area contributed by atoms with Crippen LogP contribution >= 0.6 is 15.9 Å². The summed E-state index contributed by atoms with van der Waals surface area (Å²) in [6.07, 6.45) is 3.00. The Bertz CT molecular complexity index is 814. The van der Waals surface area contributed by atoms with E-state index in [0.29, 0.717) is 36.9 Å². The quantitative estimate of drug-likeness (QED) is 0.557. The molecule has 1 aromatic heterocycles. The second-order valence-corrected chi connectivity index (χ2v) is 7.29. The van der Waals surface area contributed by atoms with Gasteiger partial charge in [0.25, 0.3) is 0 Å². The summed E-state index contributed by atoms with van der Waals surface area (Å²) in [6, 6.07) is 8.07. The van der Waals surface area contributed by atoms with E-state index >= 15 is 0 Å². The first-order chi connectivity index (χ1) is 13.1. The molecule has 0 amide bonds. The third-order valence-corrected chi connectivity index (χ3v) is 4.98. The van der Waals surface area contributed by atoms with Gasteiger partial charge in [-0.2, -0.15) is 0 Å². The molecule has 0 spiro atoms. The van der Waals surface area contributed by atoms with Crippen LogP contribution in [0.4, 0.5) is 14.6 Å². The third kappa shape index (κ3) is 5.15. The van der Waals surface area contributed by atoms with Crippen molar-refractivity contribution < 1.29 is 8.78 Å². The zero-order valence-electron chi connectivity index (χ0n) is 15.1. The standard InChI is InChI=1S/C19H22BrF2N5/c1-23-19(25-9-6-13-11-14(20)4-5-16(13)21)26-15-7-10-27(12-15)18-17(22)3-2-8-24-18/h2-5,8,11,15H,6-7,9-10,12H2,1H3,(H2,23,25,26). The topological polar surface area (TPSA) is 52.6 Å². The van der Waals surface area contributed by atoms with Gasteiger partial charge in [-0.1, -0.05) is 15.9 Å². The van der Waals surface area contributed by atoms with Crippen molar-refractivity contribution in [3.05, 3.63) is 58.2 Å². The van der Waals surface area contributed by atoms with E-state index in [4.69, 9.17) is 0 Å². The maximum Gasteiger partial charge on any atom is 0.191 e. The van der Waals surface area contributed by atoms with Crippen LogP contribution in [0.25, 0.3) is 0 Å². The lowest BCUT2D eigenvalue weighted by Crippen LogP contribution is -2.45. The number of pyridine rings is 1. The molecule has 0 bridgehead atoms. The summed E-state index contributed by atoms with van der Waals surface area (Å²) in [4.78, 5) is 10.3. The smallest absolute Gasteiger partial charge is 0.191 e. The number of nitrogens with one attached hydrogen (secondary N) is 2. The van der Waals surface area contributed by atoms with Crippen LogP contribution in [0.1, 0.15) is 12.0 Å². The van der Waals surface area contributed by atoms with Gasteiger partial charge in [-0.3, -0.25) is 4.99 Å². The van der Waals surface area contributed by atoms with Gasteiger partial charge in [0.2, 0.25) is 0 Å². The highest BCUT2D eigenvalue weighted by molar-refractivity contribution is 9.10. The fraction of sp³-hybridized carbons (Fsp3) is 0.368. The van der Waals surface area contributed by atoms with Crippen molar-refractivity contribution in [1.82, 2.24) is 15.6 Å². The molecule has 144 valence electrons. The molecule has 2 aromatic rings. The fourth-order valence-electron chi connectivity index (χ4n) is 3.12. The predicted octanol–water partition coefficient (Wildman–Crippen LogP) is 3.11. The van der Waals surface area contributed by atoms with E-state index in [1.807, 2.05) is 4.90 Å². The van der Waals surface area contributed by atoms with Crippen molar-refractivity contribution in [2.45, 2.75) is 18.9 Å². The van der Waals surface area contributed by atoms with Crippen molar-refractivity contribution >= 4 is 27.7 Å². The molecule has 3 rings (SSSR count). The van der Waals surface area contributed by atoms with Crippen molar-refractivity contribution in [2.75, 3.05) is 31.6 Å². The van der Waals surface area contributed by atoms with Gasteiger partial charge in [0.15, 0.2) is 17.6 Å². The van der Waals surface area contributed by atoms with Gasteiger partial charge in [-0.05, 0) is 48.7 Å². The Balaban J connectivity index is 1.49. The molecule has 1 atom stereocenters. The lowest BCUT2D eigenvalue weighted by Gasteiger charge is -2.20. The number of hydrogen-bond donors (Lipinski definition) is 2. The Morgan fingerprint density at radius 1 is 1.33 bits per heavy atom. The molecule has 1 saturated heterocycles. The number of anilines is 1. The molecular weight excluding hydrogens is 416 g/mol. The van der Waals surface area contributed by atoms with Gasteiger partial charge >= 0.3 is 0 Å². The number of guanidine groups is 1. The fourth-order valence-corrected chi connectivity index (χ4v) is 3.53. The molecule has 5 nitrogen and oxygen atoms in total. The van der Waals surface area contributed by atoms with Gasteiger partial charge in [0.05, 0.1) is 0 Å². The molecule has 1 aromatic carbocycles. The molecule has 0 aliphatic carbocycles. The predicted molar refractivity (Wildman–Crippen MR) is 107 cm³/mol. The molecule has 0 radical (unpaired) electrons. The number of hydrogen-bond acceptors (Lipinski definition) is 3. The highest BCUT2D eigenvalue weighted by atomic mass is 79.9. The summed E-state index contributed by atoms with van der Waals surface area (Å²) >= 11 is 3.36. The highest BCUT2D eigenvalue weighted by Crippen LogP contribution is 2.20. The molecule has 1 aliphatic rings. The van der Waals surface area contributed by atoms with Crippen LogP contribution in [-0.2, 0) is 6.42 Å². The minimum absolute atomic E-state index is 0.139. The minimum atomic E-state index is -0.309. The number of aliphatic imine (C=N–C) groups is 1. The van der Waals surface area contributed by atoms with Crippen molar-refractivity contribution in [3.8, 4) is 0 Å². The molecular formula is C19H22BrF2N5. The lowest BCUT2D eigenvalue weighted by molar-refractivity contribution is 0.603. The van der Waals surface area contributed by atoms with Crippen LogP contribution in [0.2, 0.25) is 0 Å². The zero-order chi connectivity index (χ0) is 19.2. The second kappa shape index (κ2) is 9.12. The molecule has 1 aliphatic heterocycles. The maximum atomic E-state index is 13.9. The molecule has 8 heteroatoms. The number of nitrogens with zero attached hydrogens (tertiary/aromatic N) is 3. The Labute approximate surface area is 166 Å². The Morgan fingerprint density at radius 2 is 2.19 bits per heavy atom. The lowest BCUT2D eigenvalue weighted by atomic mass is 10.1. The van der Waals surface area contributed by atoms with Crippen molar-refractivity contribution in [1.29, 1.82) is 0 Å². The second-order valence-electron chi connectivity index (χ2n) is 6.37. The van der Waals surface area contributed by atoms with E-state index in [1.54, 1.807) is 31.4 Å². The third-order valence-electron chi connectivity index (χ3n) is 4.49. The summed E-state index contributed by atoms with van der Waals surface area (Å²) in [5.41, 5.74) is 0.644. The largest absolute Gasteiger partial charge is 0.356 e. The first-order valence-corrected chi connectivity index (χ1v) is 9.62. The van der Waals surface area contributed by atoms with Crippen LogP contribution in [0.15, 0.2) is 46.0 Å². The normalized spacial score (nSPS) is 17.3. The molecule has 27 heavy (non-hydrogen) atoms. The van der Waals surface area contributed by atoms with E-state index in [9.17, 15) is 8.78 Å². The molecule has 2 N–H and O–H groups in total. The zero-order valence-corrected chi connectivity index (χ0v) is 16.6. The highest BCUT2D eigenvalue weighted by Gasteiger charge is 2.25. The maximum absolute atomic E-state index is 13.9. The Morgan fingerprint density at radius 3 is 2.96 bits per heavy atom. The van der Waals surface area contributed by atoms with Crippen molar-refractivity contribution in [3.63, 3.8) is 0 Å². The summed E-state index contributed by atoms with van der Waals surface area (Å²) in [7, 11) is 1.69. The van der Waals surface area contributed by atoms with E-state index in [1.165, 1.54) is 12.1 Å². The van der Waals surface area contributed by atoms with Crippen LogP contribution in [-0.4, -0.2) is 43.7 Å². The van der Waals surface area contributed by atoms with E-state index in [2.05, 4.69) is 36.5 Å². The molecule has 1 fully saturated rings. The van der Waals surface area contributed by atoms with Crippen LogP contribution in [0, 0.1) is 11.6 Å². The number of aromatic nitrogens is 1. The molecule has 0 saturated carbocycles. The molecule has 2 heterocycles. The Hall–Kier alpha value is -2.22. The average Bonchev–Trinajstić information content (AvgIpc) is 3.12. The van der Waals surface area contributed by atoms with Gasteiger partial charge in [0.1, 0.15) is 5.82 Å².